The van der Waals surface area contributed by atoms with Gasteiger partial charge in [-0.05, 0) is 30.7 Å². The summed E-state index contributed by atoms with van der Waals surface area (Å²) < 4.78 is 0. The van der Waals surface area contributed by atoms with Crippen molar-refractivity contribution in [3.63, 3.8) is 0 Å². The van der Waals surface area contributed by atoms with E-state index in [0.29, 0.717) is 17.2 Å². The van der Waals surface area contributed by atoms with Gasteiger partial charge in [-0.3, -0.25) is 4.98 Å². The Morgan fingerprint density at radius 2 is 1.86 bits per heavy atom. The lowest BCUT2D eigenvalue weighted by Crippen LogP contribution is -2.12. The summed E-state index contributed by atoms with van der Waals surface area (Å²) in [6.07, 6.45) is 8.69. The van der Waals surface area contributed by atoms with Gasteiger partial charge in [-0.2, -0.15) is 5.26 Å². The number of rotatable bonds is 4. The molecule has 3 heterocycles. The maximum absolute atomic E-state index is 9.62. The molecule has 3 aromatic heterocycles. The molecular formula is C21H19N7. The van der Waals surface area contributed by atoms with Crippen LogP contribution in [0, 0.1) is 18.3 Å². The number of hydrogen-bond acceptors (Lipinski definition) is 6. The van der Waals surface area contributed by atoms with Crippen molar-refractivity contribution >= 4 is 28.2 Å². The number of nitrogens with one attached hydrogen (secondary N) is 2. The number of H-pyrrole nitrogens is 1. The van der Waals surface area contributed by atoms with Crippen LogP contribution in [0.3, 0.4) is 0 Å². The fourth-order valence-electron chi connectivity index (χ4n) is 3.14. The zero-order valence-corrected chi connectivity index (χ0v) is 15.9. The molecule has 0 aliphatic heterocycles. The minimum atomic E-state index is 0.461. The van der Waals surface area contributed by atoms with E-state index < -0.39 is 0 Å². The number of anilines is 3. The Morgan fingerprint density at radius 3 is 2.57 bits per heavy atom. The van der Waals surface area contributed by atoms with Gasteiger partial charge in [0.2, 0.25) is 5.95 Å². The van der Waals surface area contributed by atoms with E-state index in [2.05, 4.69) is 38.2 Å². The highest BCUT2D eigenvalue weighted by Crippen LogP contribution is 2.34. The minimum absolute atomic E-state index is 0.461. The number of pyridine rings is 1. The van der Waals surface area contributed by atoms with E-state index >= 15 is 0 Å². The van der Waals surface area contributed by atoms with E-state index in [0.717, 1.165) is 33.3 Å². The molecule has 7 heteroatoms. The van der Waals surface area contributed by atoms with Gasteiger partial charge < -0.3 is 15.2 Å². The standard InChI is InChI=1S/C21H19N7/c1-13-16-6-7-24-19(16)5-4-18(13)27-20-14(8-22)9-23-12-17(20)15-10-25-21(26-11-15)28(2)3/h4-7,9-12,24H,1-3H3,(H,23,27). The largest absolute Gasteiger partial charge is 0.361 e. The summed E-state index contributed by atoms with van der Waals surface area (Å²) in [6, 6.07) is 8.30. The molecule has 0 saturated carbocycles. The lowest BCUT2D eigenvalue weighted by Gasteiger charge is -2.16. The van der Waals surface area contributed by atoms with Crippen LogP contribution in [0.25, 0.3) is 22.0 Å². The van der Waals surface area contributed by atoms with Crippen molar-refractivity contribution in [2.45, 2.75) is 6.92 Å². The number of nitrogens with zero attached hydrogens (tertiary/aromatic N) is 5. The van der Waals surface area contributed by atoms with Crippen LogP contribution >= 0.6 is 0 Å². The van der Waals surface area contributed by atoms with Crippen molar-refractivity contribution in [2.75, 3.05) is 24.3 Å². The fraction of sp³-hybridized carbons (Fsp3) is 0.143. The second kappa shape index (κ2) is 7.00. The average molecular weight is 369 g/mol. The van der Waals surface area contributed by atoms with Crippen molar-refractivity contribution < 1.29 is 0 Å². The third-order valence-corrected chi connectivity index (χ3v) is 4.68. The molecule has 0 saturated heterocycles. The van der Waals surface area contributed by atoms with Gasteiger partial charge in [0.05, 0.1) is 11.3 Å². The molecule has 0 spiro atoms. The molecule has 28 heavy (non-hydrogen) atoms. The van der Waals surface area contributed by atoms with Crippen LogP contribution in [-0.4, -0.2) is 34.0 Å². The maximum atomic E-state index is 9.62. The quantitative estimate of drug-likeness (QED) is 0.564. The molecule has 4 aromatic rings. The van der Waals surface area contributed by atoms with E-state index in [9.17, 15) is 5.26 Å². The molecule has 0 fully saturated rings. The molecule has 0 atom stereocenters. The summed E-state index contributed by atoms with van der Waals surface area (Å²) in [4.78, 5) is 18.0. The van der Waals surface area contributed by atoms with E-state index in [1.54, 1.807) is 24.8 Å². The molecule has 0 amide bonds. The first-order valence-electron chi connectivity index (χ1n) is 8.80. The van der Waals surface area contributed by atoms with Gasteiger partial charge in [0.25, 0.3) is 0 Å². The Labute approximate surface area is 162 Å². The van der Waals surface area contributed by atoms with E-state index in [-0.39, 0.29) is 0 Å². The first-order valence-corrected chi connectivity index (χ1v) is 8.80. The molecule has 0 unspecified atom stereocenters. The van der Waals surface area contributed by atoms with E-state index in [4.69, 9.17) is 0 Å². The second-order valence-electron chi connectivity index (χ2n) is 6.69. The zero-order valence-electron chi connectivity index (χ0n) is 15.9. The number of aromatic amines is 1. The molecule has 0 aliphatic carbocycles. The molecule has 138 valence electrons. The maximum Gasteiger partial charge on any atom is 0.224 e. The Kier molecular flexibility index (Phi) is 4.38. The van der Waals surface area contributed by atoms with Gasteiger partial charge in [0, 0.05) is 72.8 Å². The van der Waals surface area contributed by atoms with Gasteiger partial charge in [-0.25, -0.2) is 9.97 Å². The second-order valence-corrected chi connectivity index (χ2v) is 6.69. The third-order valence-electron chi connectivity index (χ3n) is 4.68. The lowest BCUT2D eigenvalue weighted by molar-refractivity contribution is 1.000. The number of aryl methyl sites for hydroxylation is 1. The van der Waals surface area contributed by atoms with Crippen molar-refractivity contribution in [1.29, 1.82) is 5.26 Å². The number of nitriles is 1. The highest BCUT2D eigenvalue weighted by Gasteiger charge is 2.14. The fourth-order valence-corrected chi connectivity index (χ4v) is 3.14. The van der Waals surface area contributed by atoms with Gasteiger partial charge >= 0.3 is 0 Å². The molecule has 2 N–H and O–H groups in total. The highest BCUT2D eigenvalue weighted by molar-refractivity contribution is 5.91. The summed E-state index contributed by atoms with van der Waals surface area (Å²) in [5.74, 6) is 0.622. The van der Waals surface area contributed by atoms with E-state index in [1.807, 2.05) is 43.4 Å². The molecule has 4 rings (SSSR count). The highest BCUT2D eigenvalue weighted by atomic mass is 15.2. The molecule has 7 nitrogen and oxygen atoms in total. The normalized spacial score (nSPS) is 10.6. The first kappa shape index (κ1) is 17.5. The van der Waals surface area contributed by atoms with Gasteiger partial charge in [-0.1, -0.05) is 0 Å². The van der Waals surface area contributed by atoms with Crippen molar-refractivity contribution in [2.24, 2.45) is 0 Å². The number of benzene rings is 1. The number of fused-ring (bicyclic) bond motifs is 1. The number of hydrogen-bond donors (Lipinski definition) is 2. The SMILES string of the molecule is Cc1c(Nc2c(C#N)cncc2-c2cnc(N(C)C)nc2)ccc2[nH]ccc12. The van der Waals surface area contributed by atoms with Crippen LogP contribution in [0.15, 0.2) is 49.2 Å². The lowest BCUT2D eigenvalue weighted by atomic mass is 10.0. The zero-order chi connectivity index (χ0) is 19.7. The summed E-state index contributed by atoms with van der Waals surface area (Å²) in [5.41, 5.74) is 5.83. The van der Waals surface area contributed by atoms with Crippen LogP contribution in [0.1, 0.15) is 11.1 Å². The predicted octanol–water partition coefficient (Wildman–Crippen LogP) is 4.01. The Hall–Kier alpha value is -3.92. The molecule has 0 radical (unpaired) electrons. The van der Waals surface area contributed by atoms with Crippen molar-refractivity contribution in [1.82, 2.24) is 19.9 Å². The monoisotopic (exact) mass is 369 g/mol. The Bertz CT molecular complexity index is 1180. The van der Waals surface area contributed by atoms with Crippen LogP contribution in [0.2, 0.25) is 0 Å². The molecule has 0 aliphatic rings. The van der Waals surface area contributed by atoms with Gasteiger partial charge in [0.1, 0.15) is 6.07 Å². The summed E-state index contributed by atoms with van der Waals surface area (Å²) in [6.45, 7) is 2.06. The molecule has 0 bridgehead atoms. The summed E-state index contributed by atoms with van der Waals surface area (Å²) in [7, 11) is 3.78. The Morgan fingerprint density at radius 1 is 1.07 bits per heavy atom. The minimum Gasteiger partial charge on any atom is -0.361 e. The number of aromatic nitrogens is 4. The van der Waals surface area contributed by atoms with Crippen LogP contribution < -0.4 is 10.2 Å². The summed E-state index contributed by atoms with van der Waals surface area (Å²) >= 11 is 0. The Balaban J connectivity index is 1.81. The average Bonchev–Trinajstić information content (AvgIpc) is 3.20. The van der Waals surface area contributed by atoms with Crippen molar-refractivity contribution in [3.8, 4) is 17.2 Å². The topological polar surface area (TPSA) is 93.5 Å². The van der Waals surface area contributed by atoms with Crippen LogP contribution in [0.5, 0.6) is 0 Å². The third kappa shape index (κ3) is 3.01. The van der Waals surface area contributed by atoms with Crippen LogP contribution in [-0.2, 0) is 0 Å². The molecular weight excluding hydrogens is 350 g/mol. The van der Waals surface area contributed by atoms with Crippen molar-refractivity contribution in [3.05, 3.63) is 60.3 Å². The van der Waals surface area contributed by atoms with Crippen LogP contribution in [0.4, 0.5) is 17.3 Å². The summed E-state index contributed by atoms with van der Waals surface area (Å²) in [5, 5.41) is 14.2. The van der Waals surface area contributed by atoms with Gasteiger partial charge in [0.15, 0.2) is 0 Å². The predicted molar refractivity (Wildman–Crippen MR) is 111 cm³/mol. The van der Waals surface area contributed by atoms with Gasteiger partial charge in [-0.15, -0.1) is 0 Å². The smallest absolute Gasteiger partial charge is 0.224 e. The van der Waals surface area contributed by atoms with E-state index in [1.165, 1.54) is 0 Å². The first-order chi connectivity index (χ1) is 13.6. The molecule has 1 aromatic carbocycles.